The zero-order valence-electron chi connectivity index (χ0n) is 16.6. The second-order valence-corrected chi connectivity index (χ2v) is 7.20. The van der Waals surface area contributed by atoms with E-state index in [1.165, 1.54) is 29.2 Å². The Bertz CT molecular complexity index is 1120. The number of halogens is 4. The first kappa shape index (κ1) is 20.9. The molecule has 31 heavy (non-hydrogen) atoms. The third kappa shape index (κ3) is 3.99. The summed E-state index contributed by atoms with van der Waals surface area (Å²) < 4.78 is 65.1. The molecule has 0 N–H and O–H groups in total. The zero-order valence-corrected chi connectivity index (χ0v) is 16.6. The van der Waals surface area contributed by atoms with Crippen LogP contribution in [0.25, 0.3) is 0 Å². The molecule has 0 fully saturated rings. The predicted octanol–water partition coefficient (Wildman–Crippen LogP) is 4.36. The van der Waals surface area contributed by atoms with Gasteiger partial charge in [0.05, 0.1) is 11.3 Å². The molecule has 0 spiro atoms. The van der Waals surface area contributed by atoms with E-state index in [2.05, 4.69) is 10.3 Å². The summed E-state index contributed by atoms with van der Waals surface area (Å²) in [6, 6.07) is 5.10. The van der Waals surface area contributed by atoms with E-state index in [0.717, 1.165) is 4.68 Å². The molecule has 1 aliphatic heterocycles. The molecule has 0 saturated carbocycles. The van der Waals surface area contributed by atoms with Crippen LogP contribution in [0.5, 0.6) is 5.75 Å². The quantitative estimate of drug-likeness (QED) is 0.566. The molecule has 0 radical (unpaired) electrons. The van der Waals surface area contributed by atoms with Crippen LogP contribution in [-0.2, 0) is 6.61 Å². The lowest BCUT2D eigenvalue weighted by Gasteiger charge is -2.33. The summed E-state index contributed by atoms with van der Waals surface area (Å²) in [5.41, 5.74) is 0.606. The van der Waals surface area contributed by atoms with E-state index >= 15 is 0 Å². The fourth-order valence-corrected chi connectivity index (χ4v) is 3.50. The first-order valence-corrected chi connectivity index (χ1v) is 9.43. The topological polar surface area (TPSA) is 73.4 Å². The highest BCUT2D eigenvalue weighted by Crippen LogP contribution is 2.40. The van der Waals surface area contributed by atoms with Crippen molar-refractivity contribution in [1.29, 1.82) is 0 Å². The number of anilines is 1. The fourth-order valence-electron chi connectivity index (χ4n) is 3.50. The van der Waals surface area contributed by atoms with Gasteiger partial charge in [-0.2, -0.15) is 18.3 Å². The van der Waals surface area contributed by atoms with Crippen molar-refractivity contribution >= 4 is 11.7 Å². The van der Waals surface area contributed by atoms with Gasteiger partial charge >= 0.3 is 6.18 Å². The predicted molar refractivity (Wildman–Crippen MR) is 100 cm³/mol. The number of nitrogens with zero attached hydrogens (tertiary/aromatic N) is 4. The molecule has 0 aliphatic carbocycles. The second-order valence-electron chi connectivity index (χ2n) is 7.20. The van der Waals surface area contributed by atoms with E-state index in [0.29, 0.717) is 17.0 Å². The minimum atomic E-state index is -4.49. The lowest BCUT2D eigenvalue weighted by Crippen LogP contribution is -2.43. The molecule has 2 aromatic heterocycles. The number of benzene rings is 1. The smallest absolute Gasteiger partial charge is 0.410 e. The van der Waals surface area contributed by atoms with E-state index in [1.807, 2.05) is 0 Å². The minimum Gasteiger partial charge on any atom is -0.489 e. The fraction of sp³-hybridized carbons (Fsp3) is 0.350. The third-order valence-corrected chi connectivity index (χ3v) is 5.03. The van der Waals surface area contributed by atoms with Crippen molar-refractivity contribution < 1.29 is 31.6 Å². The number of carbonyl (C=O) groups is 1. The molecular formula is C20H18F4N4O3. The molecule has 7 nitrogen and oxygen atoms in total. The van der Waals surface area contributed by atoms with Gasteiger partial charge in [0.25, 0.3) is 5.91 Å². The van der Waals surface area contributed by atoms with Crippen molar-refractivity contribution in [2.75, 3.05) is 11.4 Å². The number of fused-ring (bicyclic) bond motifs is 1. The molecule has 1 aromatic carbocycles. The van der Waals surface area contributed by atoms with Gasteiger partial charge in [0.2, 0.25) is 0 Å². The molecule has 1 aliphatic rings. The van der Waals surface area contributed by atoms with E-state index < -0.39 is 23.9 Å². The first-order chi connectivity index (χ1) is 14.6. The second kappa shape index (κ2) is 7.71. The minimum absolute atomic E-state index is 0.0359. The van der Waals surface area contributed by atoms with Gasteiger partial charge in [0, 0.05) is 18.7 Å². The van der Waals surface area contributed by atoms with Gasteiger partial charge in [-0.15, -0.1) is 0 Å². The van der Waals surface area contributed by atoms with Gasteiger partial charge in [0.1, 0.15) is 29.8 Å². The maximum absolute atomic E-state index is 13.4. The number of rotatable bonds is 4. The molecule has 164 valence electrons. The van der Waals surface area contributed by atoms with Gasteiger partial charge in [-0.3, -0.25) is 9.69 Å². The number of hydrogen-bond donors (Lipinski definition) is 0. The zero-order chi connectivity index (χ0) is 22.3. The standard InChI is InChI=1S/C20H18F4N4O3/c1-11-8-17-27(7-6-16(20(22,23)24)28(17)25-11)19(29)18-15(12(2)31-26-18)10-30-14-5-3-4-13(21)9-14/h3-5,8-9,16H,6-7,10H2,1-2H3. The molecule has 0 saturated heterocycles. The lowest BCUT2D eigenvalue weighted by molar-refractivity contribution is -0.172. The van der Waals surface area contributed by atoms with E-state index in [1.54, 1.807) is 19.9 Å². The number of carbonyl (C=O) groups excluding carboxylic acids is 1. The largest absolute Gasteiger partial charge is 0.489 e. The van der Waals surface area contributed by atoms with Gasteiger partial charge in [-0.1, -0.05) is 11.2 Å². The molecule has 1 unspecified atom stereocenters. The maximum atomic E-state index is 13.4. The van der Waals surface area contributed by atoms with Crippen molar-refractivity contribution in [2.45, 2.75) is 39.1 Å². The Morgan fingerprint density at radius 1 is 1.29 bits per heavy atom. The summed E-state index contributed by atoms with van der Waals surface area (Å²) in [7, 11) is 0. The molecule has 0 bridgehead atoms. The van der Waals surface area contributed by atoms with Crippen LogP contribution < -0.4 is 9.64 Å². The van der Waals surface area contributed by atoms with Crippen molar-refractivity contribution in [1.82, 2.24) is 14.9 Å². The van der Waals surface area contributed by atoms with Gasteiger partial charge < -0.3 is 9.26 Å². The molecular weight excluding hydrogens is 420 g/mol. The third-order valence-electron chi connectivity index (χ3n) is 5.03. The number of aromatic nitrogens is 3. The van der Waals surface area contributed by atoms with E-state index in [9.17, 15) is 22.4 Å². The molecule has 11 heteroatoms. The summed E-state index contributed by atoms with van der Waals surface area (Å²) in [4.78, 5) is 14.4. The summed E-state index contributed by atoms with van der Waals surface area (Å²) in [6.07, 6.45) is -4.83. The summed E-state index contributed by atoms with van der Waals surface area (Å²) in [6.45, 7) is 2.85. The first-order valence-electron chi connectivity index (χ1n) is 9.43. The van der Waals surface area contributed by atoms with Crippen molar-refractivity contribution in [3.05, 3.63) is 58.9 Å². The van der Waals surface area contributed by atoms with Crippen molar-refractivity contribution in [2.24, 2.45) is 0 Å². The Labute approximate surface area is 174 Å². The van der Waals surface area contributed by atoms with E-state index in [4.69, 9.17) is 9.26 Å². The van der Waals surface area contributed by atoms with Crippen LogP contribution in [0.2, 0.25) is 0 Å². The number of hydrogen-bond acceptors (Lipinski definition) is 5. The Morgan fingerprint density at radius 2 is 2.06 bits per heavy atom. The number of ether oxygens (including phenoxy) is 1. The van der Waals surface area contributed by atoms with Crippen LogP contribution in [-0.4, -0.2) is 33.6 Å². The monoisotopic (exact) mass is 438 g/mol. The Morgan fingerprint density at radius 3 is 2.77 bits per heavy atom. The van der Waals surface area contributed by atoms with Gasteiger partial charge in [0.15, 0.2) is 11.7 Å². The van der Waals surface area contributed by atoms with Crippen molar-refractivity contribution in [3.8, 4) is 5.75 Å². The number of alkyl halides is 3. The highest BCUT2D eigenvalue weighted by atomic mass is 19.4. The lowest BCUT2D eigenvalue weighted by atomic mass is 10.1. The Balaban J connectivity index is 1.61. The van der Waals surface area contributed by atoms with Crippen LogP contribution in [0.3, 0.4) is 0 Å². The normalized spacial score (nSPS) is 16.3. The van der Waals surface area contributed by atoms with Crippen LogP contribution >= 0.6 is 0 Å². The average molecular weight is 438 g/mol. The molecule has 3 aromatic rings. The highest BCUT2D eigenvalue weighted by molar-refractivity contribution is 6.05. The van der Waals surface area contributed by atoms with Crippen molar-refractivity contribution in [3.63, 3.8) is 0 Å². The Kier molecular flexibility index (Phi) is 5.19. The summed E-state index contributed by atoms with van der Waals surface area (Å²) in [5, 5.41) is 7.73. The van der Waals surface area contributed by atoms with Crippen LogP contribution in [0, 0.1) is 19.7 Å². The number of aryl methyl sites for hydroxylation is 2. The van der Waals surface area contributed by atoms with Crippen LogP contribution in [0.1, 0.15) is 40.0 Å². The SMILES string of the molecule is Cc1cc2n(n1)C(C(F)(F)F)CCN2C(=O)c1noc(C)c1COc1cccc(F)c1. The van der Waals surface area contributed by atoms with Gasteiger partial charge in [-0.25, -0.2) is 9.07 Å². The summed E-state index contributed by atoms with van der Waals surface area (Å²) >= 11 is 0. The van der Waals surface area contributed by atoms with Crippen LogP contribution in [0.4, 0.5) is 23.4 Å². The highest BCUT2D eigenvalue weighted by Gasteiger charge is 2.46. The Hall–Kier alpha value is -3.37. The molecule has 1 amide bonds. The van der Waals surface area contributed by atoms with Gasteiger partial charge in [-0.05, 0) is 32.4 Å². The molecule has 4 rings (SSSR count). The number of amides is 1. The van der Waals surface area contributed by atoms with Crippen LogP contribution in [0.15, 0.2) is 34.9 Å². The maximum Gasteiger partial charge on any atom is 0.410 e. The molecule has 1 atom stereocenters. The van der Waals surface area contributed by atoms with E-state index in [-0.39, 0.29) is 36.8 Å². The average Bonchev–Trinajstić information content (AvgIpc) is 3.26. The summed E-state index contributed by atoms with van der Waals surface area (Å²) in [5.74, 6) is -0.509. The molecule has 3 heterocycles.